The van der Waals surface area contributed by atoms with Gasteiger partial charge in [-0.05, 0) is 29.5 Å². The highest BCUT2D eigenvalue weighted by Gasteiger charge is 2.22. The molecule has 0 radical (unpaired) electrons. The number of carbonyl (C=O) groups excluding carboxylic acids is 1. The molecule has 0 bridgehead atoms. The Bertz CT molecular complexity index is 880. The number of carbonyl (C=O) groups is 1. The molecule has 0 fully saturated rings. The van der Waals surface area contributed by atoms with Gasteiger partial charge in [0.2, 0.25) is 5.91 Å². The van der Waals surface area contributed by atoms with Crippen LogP contribution in [0.4, 0.5) is 0 Å². The van der Waals surface area contributed by atoms with Crippen LogP contribution >= 0.6 is 34.9 Å². The molecule has 1 aliphatic heterocycles. The Morgan fingerprint density at radius 3 is 3.17 bits per heavy atom. The van der Waals surface area contributed by atoms with Crippen molar-refractivity contribution in [2.75, 3.05) is 11.5 Å². The topological polar surface area (TPSA) is 54.9 Å². The molecule has 4 rings (SSSR count). The van der Waals surface area contributed by atoms with Crippen LogP contribution in [0.5, 0.6) is 0 Å². The lowest BCUT2D eigenvalue weighted by molar-refractivity contribution is -0.119. The third kappa shape index (κ3) is 3.29. The van der Waals surface area contributed by atoms with E-state index < -0.39 is 0 Å². The maximum atomic E-state index is 12.4. The zero-order valence-corrected chi connectivity index (χ0v) is 15.2. The molecule has 0 spiro atoms. The molecule has 24 heavy (non-hydrogen) atoms. The zero-order chi connectivity index (χ0) is 16.4. The standard InChI is InChI=1S/C17H15N3OS3/c21-15(9-24-17-12-5-7-23-16(12)18-10-19-17)20-13-6-8-22-14-4-2-1-3-11(13)14/h1-5,7,10,13H,6,8-9H2,(H,20,21)/t13-/m1/s1. The monoisotopic (exact) mass is 373 g/mol. The van der Waals surface area contributed by atoms with Crippen LogP contribution in [0.3, 0.4) is 0 Å². The van der Waals surface area contributed by atoms with E-state index in [2.05, 4.69) is 27.4 Å². The summed E-state index contributed by atoms with van der Waals surface area (Å²) in [5, 5.41) is 7.07. The van der Waals surface area contributed by atoms with Crippen LogP contribution in [0.15, 0.2) is 52.0 Å². The van der Waals surface area contributed by atoms with E-state index in [9.17, 15) is 4.79 Å². The fraction of sp³-hybridized carbons (Fsp3) is 0.235. The minimum absolute atomic E-state index is 0.0497. The first-order valence-electron chi connectivity index (χ1n) is 7.63. The number of aromatic nitrogens is 2. The number of thioether (sulfide) groups is 2. The molecule has 3 aromatic rings. The maximum absolute atomic E-state index is 12.4. The van der Waals surface area contributed by atoms with Gasteiger partial charge in [-0.15, -0.1) is 23.1 Å². The van der Waals surface area contributed by atoms with E-state index in [1.54, 1.807) is 17.7 Å². The Labute approximate surface area is 152 Å². The lowest BCUT2D eigenvalue weighted by Crippen LogP contribution is -2.31. The van der Waals surface area contributed by atoms with Crippen LogP contribution in [-0.4, -0.2) is 27.4 Å². The van der Waals surface area contributed by atoms with Gasteiger partial charge in [0.05, 0.1) is 11.8 Å². The summed E-state index contributed by atoms with van der Waals surface area (Å²) < 4.78 is 0. The van der Waals surface area contributed by atoms with Crippen LogP contribution in [0.1, 0.15) is 18.0 Å². The molecule has 0 unspecified atom stereocenters. The van der Waals surface area contributed by atoms with Gasteiger partial charge in [-0.2, -0.15) is 0 Å². The second-order valence-electron chi connectivity index (χ2n) is 5.40. The summed E-state index contributed by atoms with van der Waals surface area (Å²) in [4.78, 5) is 23.2. The average Bonchev–Trinajstić information content (AvgIpc) is 3.09. The van der Waals surface area contributed by atoms with E-state index in [0.717, 1.165) is 27.4 Å². The third-order valence-corrected chi connectivity index (χ3v) is 6.81. The fourth-order valence-electron chi connectivity index (χ4n) is 2.74. The molecule has 1 N–H and O–H groups in total. The number of nitrogens with zero attached hydrogens (tertiary/aromatic N) is 2. The minimum Gasteiger partial charge on any atom is -0.349 e. The van der Waals surface area contributed by atoms with Gasteiger partial charge < -0.3 is 5.32 Å². The van der Waals surface area contributed by atoms with Crippen molar-refractivity contribution in [1.82, 2.24) is 15.3 Å². The van der Waals surface area contributed by atoms with Gasteiger partial charge in [-0.25, -0.2) is 9.97 Å². The molecular weight excluding hydrogens is 358 g/mol. The first kappa shape index (κ1) is 15.9. The number of benzene rings is 1. The number of rotatable bonds is 4. The summed E-state index contributed by atoms with van der Waals surface area (Å²) in [5.41, 5.74) is 1.23. The number of fused-ring (bicyclic) bond motifs is 2. The second kappa shape index (κ2) is 7.13. The van der Waals surface area contributed by atoms with Crippen LogP contribution in [-0.2, 0) is 4.79 Å². The molecule has 0 aliphatic carbocycles. The lowest BCUT2D eigenvalue weighted by atomic mass is 10.0. The van der Waals surface area contributed by atoms with Gasteiger partial charge in [0.25, 0.3) is 0 Å². The zero-order valence-electron chi connectivity index (χ0n) is 12.8. The second-order valence-corrected chi connectivity index (χ2v) is 8.40. The average molecular weight is 374 g/mol. The molecule has 0 saturated carbocycles. The van der Waals surface area contributed by atoms with Gasteiger partial charge in [0, 0.05) is 16.0 Å². The van der Waals surface area contributed by atoms with E-state index >= 15 is 0 Å². The first-order valence-corrected chi connectivity index (χ1v) is 10.5. The molecule has 1 aliphatic rings. The van der Waals surface area contributed by atoms with Crippen molar-refractivity contribution in [3.8, 4) is 0 Å². The van der Waals surface area contributed by atoms with E-state index in [1.165, 1.54) is 22.2 Å². The van der Waals surface area contributed by atoms with Gasteiger partial charge in [-0.3, -0.25) is 4.79 Å². The van der Waals surface area contributed by atoms with E-state index in [4.69, 9.17) is 0 Å². The van der Waals surface area contributed by atoms with Crippen molar-refractivity contribution in [3.63, 3.8) is 0 Å². The smallest absolute Gasteiger partial charge is 0.230 e. The lowest BCUT2D eigenvalue weighted by Gasteiger charge is -2.25. The molecule has 2 aromatic heterocycles. The van der Waals surface area contributed by atoms with Gasteiger partial charge in [-0.1, -0.05) is 30.0 Å². The highest BCUT2D eigenvalue weighted by Crippen LogP contribution is 2.36. The summed E-state index contributed by atoms with van der Waals surface area (Å²) in [6.45, 7) is 0. The van der Waals surface area contributed by atoms with Gasteiger partial charge in [0.1, 0.15) is 16.2 Å². The van der Waals surface area contributed by atoms with Crippen molar-refractivity contribution in [3.05, 3.63) is 47.6 Å². The van der Waals surface area contributed by atoms with Gasteiger partial charge >= 0.3 is 0 Å². The quantitative estimate of drug-likeness (QED) is 0.550. The Kier molecular flexibility index (Phi) is 4.73. The summed E-state index contributed by atoms with van der Waals surface area (Å²) in [6.07, 6.45) is 2.54. The van der Waals surface area contributed by atoms with Crippen molar-refractivity contribution < 1.29 is 4.79 Å². The van der Waals surface area contributed by atoms with Crippen LogP contribution < -0.4 is 5.32 Å². The molecule has 7 heteroatoms. The van der Waals surface area contributed by atoms with Crippen LogP contribution in [0.25, 0.3) is 10.2 Å². The summed E-state index contributed by atoms with van der Waals surface area (Å²) in [6, 6.07) is 10.4. The van der Waals surface area contributed by atoms with E-state index in [0.29, 0.717) is 5.75 Å². The Balaban J connectivity index is 1.42. The molecule has 1 aromatic carbocycles. The van der Waals surface area contributed by atoms with Crippen LogP contribution in [0, 0.1) is 0 Å². The summed E-state index contributed by atoms with van der Waals surface area (Å²) in [5.74, 6) is 1.46. The van der Waals surface area contributed by atoms with Crippen LogP contribution in [0.2, 0.25) is 0 Å². The first-order chi connectivity index (χ1) is 11.8. The largest absolute Gasteiger partial charge is 0.349 e. The fourth-order valence-corrected chi connectivity index (χ4v) is 5.46. The highest BCUT2D eigenvalue weighted by molar-refractivity contribution is 8.00. The summed E-state index contributed by atoms with van der Waals surface area (Å²) in [7, 11) is 0. The predicted octanol–water partition coefficient (Wildman–Crippen LogP) is 4.14. The molecule has 4 nitrogen and oxygen atoms in total. The molecule has 3 heterocycles. The van der Waals surface area contributed by atoms with Crippen molar-refractivity contribution in [1.29, 1.82) is 0 Å². The van der Waals surface area contributed by atoms with Crippen molar-refractivity contribution >= 4 is 51.0 Å². The predicted molar refractivity (Wildman–Crippen MR) is 101 cm³/mol. The molecule has 0 saturated heterocycles. The number of nitrogens with one attached hydrogen (secondary N) is 1. The molecular formula is C17H15N3OS3. The number of thiophene rings is 1. The normalized spacial score (nSPS) is 16.8. The Morgan fingerprint density at radius 1 is 1.29 bits per heavy atom. The van der Waals surface area contributed by atoms with E-state index in [-0.39, 0.29) is 11.9 Å². The molecule has 1 amide bonds. The number of hydrogen-bond donors (Lipinski definition) is 1. The van der Waals surface area contributed by atoms with E-state index in [1.807, 2.05) is 35.3 Å². The van der Waals surface area contributed by atoms with Crippen molar-refractivity contribution in [2.45, 2.75) is 22.4 Å². The van der Waals surface area contributed by atoms with Crippen molar-refractivity contribution in [2.24, 2.45) is 0 Å². The molecule has 122 valence electrons. The highest BCUT2D eigenvalue weighted by atomic mass is 32.2. The summed E-state index contributed by atoms with van der Waals surface area (Å²) >= 11 is 4.92. The Hall–Kier alpha value is -1.57. The maximum Gasteiger partial charge on any atom is 0.230 e. The minimum atomic E-state index is 0.0497. The number of amides is 1. The molecule has 1 atom stereocenters. The SMILES string of the molecule is O=C(CSc1ncnc2sccc12)N[C@@H]1CCSc2ccccc21. The number of hydrogen-bond acceptors (Lipinski definition) is 6. The third-order valence-electron chi connectivity index (χ3n) is 3.86. The van der Waals surface area contributed by atoms with Gasteiger partial charge in [0.15, 0.2) is 0 Å². The Morgan fingerprint density at radius 2 is 2.21 bits per heavy atom.